The zero-order chi connectivity index (χ0) is 14.7. The number of hydrogen-bond donors (Lipinski definition) is 1. The van der Waals surface area contributed by atoms with Gasteiger partial charge in [-0.1, -0.05) is 28.1 Å². The van der Waals surface area contributed by atoms with Gasteiger partial charge in [-0.25, -0.2) is 8.78 Å². The predicted molar refractivity (Wildman–Crippen MR) is 80.5 cm³/mol. The lowest BCUT2D eigenvalue weighted by atomic mass is 10.0. The Kier molecular flexibility index (Phi) is 4.89. The monoisotopic (exact) mass is 339 g/mol. The minimum Gasteiger partial charge on any atom is -0.306 e. The Hall–Kier alpha value is -1.26. The van der Waals surface area contributed by atoms with Crippen LogP contribution >= 0.6 is 15.9 Å². The Morgan fingerprint density at radius 1 is 1.10 bits per heavy atom. The van der Waals surface area contributed by atoms with E-state index in [-0.39, 0.29) is 17.7 Å². The SMILES string of the molecule is Cc1cc(F)c(C(C)NCc2ccc(Br)cc2)cc1F. The molecule has 1 N–H and O–H groups in total. The molecule has 0 bridgehead atoms. The van der Waals surface area contributed by atoms with Gasteiger partial charge in [0.15, 0.2) is 0 Å². The van der Waals surface area contributed by atoms with Gasteiger partial charge in [-0.15, -0.1) is 0 Å². The van der Waals surface area contributed by atoms with Gasteiger partial charge in [0.2, 0.25) is 0 Å². The maximum Gasteiger partial charge on any atom is 0.128 e. The summed E-state index contributed by atoms with van der Waals surface area (Å²) in [6.45, 7) is 3.98. The van der Waals surface area contributed by atoms with Crippen LogP contribution in [0, 0.1) is 18.6 Å². The van der Waals surface area contributed by atoms with Crippen molar-refractivity contribution in [2.24, 2.45) is 0 Å². The first-order chi connectivity index (χ1) is 9.47. The summed E-state index contributed by atoms with van der Waals surface area (Å²) in [4.78, 5) is 0. The zero-order valence-electron chi connectivity index (χ0n) is 11.4. The molecule has 20 heavy (non-hydrogen) atoms. The molecule has 0 aliphatic heterocycles. The fourth-order valence-electron chi connectivity index (χ4n) is 1.98. The number of halogens is 3. The van der Waals surface area contributed by atoms with Gasteiger partial charge in [-0.2, -0.15) is 0 Å². The smallest absolute Gasteiger partial charge is 0.128 e. The number of nitrogens with one attached hydrogen (secondary N) is 1. The Labute approximate surface area is 126 Å². The van der Waals surface area contributed by atoms with Crippen molar-refractivity contribution in [3.8, 4) is 0 Å². The van der Waals surface area contributed by atoms with E-state index in [1.54, 1.807) is 6.92 Å². The molecular weight excluding hydrogens is 324 g/mol. The van der Waals surface area contributed by atoms with Crippen LogP contribution in [0.2, 0.25) is 0 Å². The Morgan fingerprint density at radius 2 is 1.75 bits per heavy atom. The van der Waals surface area contributed by atoms with E-state index in [0.29, 0.717) is 17.7 Å². The first kappa shape index (κ1) is 15.1. The first-order valence-electron chi connectivity index (χ1n) is 6.40. The Balaban J connectivity index is 2.06. The van der Waals surface area contributed by atoms with E-state index < -0.39 is 0 Å². The first-order valence-corrected chi connectivity index (χ1v) is 7.20. The molecule has 0 fully saturated rings. The molecule has 1 nitrogen and oxygen atoms in total. The number of hydrogen-bond acceptors (Lipinski definition) is 1. The molecule has 0 aliphatic carbocycles. The lowest BCUT2D eigenvalue weighted by Crippen LogP contribution is -2.19. The van der Waals surface area contributed by atoms with Crippen molar-refractivity contribution in [3.05, 3.63) is 69.2 Å². The van der Waals surface area contributed by atoms with Crippen LogP contribution in [0.15, 0.2) is 40.9 Å². The molecule has 0 saturated heterocycles. The summed E-state index contributed by atoms with van der Waals surface area (Å²) in [7, 11) is 0. The highest BCUT2D eigenvalue weighted by Gasteiger charge is 2.13. The standard InChI is InChI=1S/C16H16BrF2N/c1-10-7-16(19)14(8-15(10)18)11(2)20-9-12-3-5-13(17)6-4-12/h3-8,11,20H,9H2,1-2H3. The van der Waals surface area contributed by atoms with Crippen LogP contribution in [0.5, 0.6) is 0 Å². The van der Waals surface area contributed by atoms with Crippen LogP contribution in [0.4, 0.5) is 8.78 Å². The third kappa shape index (κ3) is 3.64. The predicted octanol–water partition coefficient (Wildman–Crippen LogP) is 4.89. The summed E-state index contributed by atoms with van der Waals surface area (Å²) in [6.07, 6.45) is 0. The van der Waals surface area contributed by atoms with Gasteiger partial charge < -0.3 is 5.32 Å². The lowest BCUT2D eigenvalue weighted by molar-refractivity contribution is 0.516. The van der Waals surface area contributed by atoms with Crippen molar-refractivity contribution in [1.29, 1.82) is 0 Å². The largest absolute Gasteiger partial charge is 0.306 e. The maximum absolute atomic E-state index is 13.8. The molecule has 0 spiro atoms. The van der Waals surface area contributed by atoms with Gasteiger partial charge >= 0.3 is 0 Å². The molecule has 2 rings (SSSR count). The average molecular weight is 340 g/mol. The molecule has 106 valence electrons. The third-order valence-electron chi connectivity index (χ3n) is 3.27. The molecule has 0 aromatic heterocycles. The van der Waals surface area contributed by atoms with Crippen LogP contribution in [0.3, 0.4) is 0 Å². The fraction of sp³-hybridized carbons (Fsp3) is 0.250. The normalized spacial score (nSPS) is 12.4. The summed E-state index contributed by atoms with van der Waals surface area (Å²) in [5.74, 6) is -0.751. The van der Waals surface area contributed by atoms with E-state index in [4.69, 9.17) is 0 Å². The van der Waals surface area contributed by atoms with E-state index >= 15 is 0 Å². The van der Waals surface area contributed by atoms with Crippen molar-refractivity contribution < 1.29 is 8.78 Å². The summed E-state index contributed by atoms with van der Waals surface area (Å²) in [5.41, 5.74) is 1.77. The molecule has 1 atom stereocenters. The highest BCUT2D eigenvalue weighted by Crippen LogP contribution is 2.21. The van der Waals surface area contributed by atoms with Crippen LogP contribution in [0.25, 0.3) is 0 Å². The number of rotatable bonds is 4. The summed E-state index contributed by atoms with van der Waals surface area (Å²) in [5, 5.41) is 3.20. The second-order valence-corrected chi connectivity index (χ2v) is 5.77. The Morgan fingerprint density at radius 3 is 2.40 bits per heavy atom. The second kappa shape index (κ2) is 6.46. The van der Waals surface area contributed by atoms with E-state index in [1.807, 2.05) is 31.2 Å². The highest BCUT2D eigenvalue weighted by atomic mass is 79.9. The Bertz CT molecular complexity index is 596. The quantitative estimate of drug-likeness (QED) is 0.836. The minimum absolute atomic E-state index is 0.256. The summed E-state index contributed by atoms with van der Waals surface area (Å²) >= 11 is 3.37. The number of aryl methyl sites for hydroxylation is 1. The van der Waals surface area contributed by atoms with Crippen molar-refractivity contribution in [2.45, 2.75) is 26.4 Å². The van der Waals surface area contributed by atoms with E-state index in [9.17, 15) is 8.78 Å². The van der Waals surface area contributed by atoms with Gasteiger partial charge in [0.05, 0.1) is 0 Å². The molecule has 1 unspecified atom stereocenters. The summed E-state index contributed by atoms with van der Waals surface area (Å²) < 4.78 is 28.4. The molecule has 0 heterocycles. The summed E-state index contributed by atoms with van der Waals surface area (Å²) in [6, 6.07) is 10.1. The molecule has 2 aromatic rings. The van der Waals surface area contributed by atoms with Gasteiger partial charge in [0.25, 0.3) is 0 Å². The molecular formula is C16H16BrF2N. The lowest BCUT2D eigenvalue weighted by Gasteiger charge is -2.16. The molecule has 2 aromatic carbocycles. The molecule has 4 heteroatoms. The van der Waals surface area contributed by atoms with Crippen LogP contribution < -0.4 is 5.32 Å². The zero-order valence-corrected chi connectivity index (χ0v) is 13.0. The van der Waals surface area contributed by atoms with Gasteiger partial charge in [-0.3, -0.25) is 0 Å². The van der Waals surface area contributed by atoms with Gasteiger partial charge in [0, 0.05) is 22.6 Å². The highest BCUT2D eigenvalue weighted by molar-refractivity contribution is 9.10. The van der Waals surface area contributed by atoms with Crippen LogP contribution in [-0.2, 0) is 6.54 Å². The second-order valence-electron chi connectivity index (χ2n) is 4.85. The van der Waals surface area contributed by atoms with Crippen molar-refractivity contribution in [2.75, 3.05) is 0 Å². The molecule has 0 saturated carbocycles. The minimum atomic E-state index is -0.376. The number of benzene rings is 2. The van der Waals surface area contributed by atoms with Crippen molar-refractivity contribution in [1.82, 2.24) is 5.32 Å². The van der Waals surface area contributed by atoms with Gasteiger partial charge in [-0.05, 0) is 49.2 Å². The van der Waals surface area contributed by atoms with Gasteiger partial charge in [0.1, 0.15) is 11.6 Å². The average Bonchev–Trinajstić information content (AvgIpc) is 2.42. The third-order valence-corrected chi connectivity index (χ3v) is 3.80. The van der Waals surface area contributed by atoms with Crippen molar-refractivity contribution in [3.63, 3.8) is 0 Å². The topological polar surface area (TPSA) is 12.0 Å². The van der Waals surface area contributed by atoms with E-state index in [2.05, 4.69) is 21.2 Å². The van der Waals surface area contributed by atoms with E-state index in [1.165, 1.54) is 12.1 Å². The molecule has 0 amide bonds. The van der Waals surface area contributed by atoms with Crippen LogP contribution in [0.1, 0.15) is 29.7 Å². The molecule has 0 aliphatic rings. The fourth-order valence-corrected chi connectivity index (χ4v) is 2.24. The maximum atomic E-state index is 13.8. The van der Waals surface area contributed by atoms with E-state index in [0.717, 1.165) is 10.0 Å². The van der Waals surface area contributed by atoms with Crippen molar-refractivity contribution >= 4 is 15.9 Å². The van der Waals surface area contributed by atoms with Crippen LogP contribution in [-0.4, -0.2) is 0 Å². The molecule has 0 radical (unpaired) electrons.